The van der Waals surface area contributed by atoms with Gasteiger partial charge in [-0.05, 0) is 123 Å². The minimum atomic E-state index is 1.25. The zero-order chi connectivity index (χ0) is 27.6. The fraction of sp³-hybridized carbons (Fsp3) is 0. The molecule has 0 aromatic heterocycles. The van der Waals surface area contributed by atoms with Gasteiger partial charge in [0.2, 0.25) is 0 Å². The first-order valence-electron chi connectivity index (χ1n) is 14.6. The standard InChI is InChI=1S/C42H26/c1-3-11-29-23-35-25-33(19-17-31(35)21-27(29)9-1)41-37-13-5-7-15-39(37)42(40-16-8-6-14-38(40)41)34-20-18-32-22-28-10-2-4-12-30(28)24-36(32)26-34/h1-26H. The van der Waals surface area contributed by atoms with Crippen LogP contribution in [0, 0.1) is 0 Å². The van der Waals surface area contributed by atoms with Crippen LogP contribution in [0.1, 0.15) is 0 Å². The van der Waals surface area contributed by atoms with Crippen LogP contribution in [0.2, 0.25) is 0 Å². The Morgan fingerprint density at radius 3 is 0.857 bits per heavy atom. The molecular formula is C42H26. The van der Waals surface area contributed by atoms with E-state index in [1.165, 1.54) is 86.9 Å². The lowest BCUT2D eigenvalue weighted by Crippen LogP contribution is -1.91. The van der Waals surface area contributed by atoms with E-state index in [2.05, 4.69) is 158 Å². The highest BCUT2D eigenvalue weighted by Gasteiger charge is 2.17. The Labute approximate surface area is 244 Å². The highest BCUT2D eigenvalue weighted by molar-refractivity contribution is 6.22. The molecule has 0 atom stereocenters. The van der Waals surface area contributed by atoms with Crippen molar-refractivity contribution in [2.24, 2.45) is 0 Å². The Morgan fingerprint density at radius 1 is 0.214 bits per heavy atom. The predicted octanol–water partition coefficient (Wildman–Crippen LogP) is 11.9. The first kappa shape index (κ1) is 23.3. The maximum atomic E-state index is 2.37. The molecule has 0 unspecified atom stereocenters. The summed E-state index contributed by atoms with van der Waals surface area (Å²) in [5, 5.41) is 15.3. The van der Waals surface area contributed by atoms with Crippen LogP contribution in [0.3, 0.4) is 0 Å². The highest BCUT2D eigenvalue weighted by atomic mass is 14.2. The molecule has 194 valence electrons. The van der Waals surface area contributed by atoms with Gasteiger partial charge in [-0.2, -0.15) is 0 Å². The van der Waals surface area contributed by atoms with Gasteiger partial charge < -0.3 is 0 Å². The van der Waals surface area contributed by atoms with E-state index in [-0.39, 0.29) is 0 Å². The molecule has 0 bridgehead atoms. The second kappa shape index (κ2) is 9.03. The molecule has 0 nitrogen and oxygen atoms in total. The summed E-state index contributed by atoms with van der Waals surface area (Å²) >= 11 is 0. The number of rotatable bonds is 2. The van der Waals surface area contributed by atoms with E-state index in [0.29, 0.717) is 0 Å². The van der Waals surface area contributed by atoms with E-state index in [1.807, 2.05) is 0 Å². The zero-order valence-electron chi connectivity index (χ0n) is 23.0. The van der Waals surface area contributed by atoms with Gasteiger partial charge in [0.1, 0.15) is 0 Å². The molecule has 0 spiro atoms. The van der Waals surface area contributed by atoms with Crippen molar-refractivity contribution in [3.63, 3.8) is 0 Å². The van der Waals surface area contributed by atoms with Crippen LogP contribution in [0.25, 0.3) is 86.9 Å². The van der Waals surface area contributed by atoms with Crippen molar-refractivity contribution < 1.29 is 0 Å². The number of hydrogen-bond acceptors (Lipinski definition) is 0. The second-order valence-electron chi connectivity index (χ2n) is 11.4. The molecule has 0 heteroatoms. The first-order chi connectivity index (χ1) is 20.8. The number of benzene rings is 9. The second-order valence-corrected chi connectivity index (χ2v) is 11.4. The van der Waals surface area contributed by atoms with E-state index in [1.54, 1.807) is 0 Å². The van der Waals surface area contributed by atoms with Crippen LogP contribution in [0.15, 0.2) is 158 Å². The Bertz CT molecular complexity index is 2280. The van der Waals surface area contributed by atoms with Crippen molar-refractivity contribution >= 4 is 64.6 Å². The third-order valence-electron chi connectivity index (χ3n) is 8.92. The van der Waals surface area contributed by atoms with Crippen molar-refractivity contribution in [3.8, 4) is 22.3 Å². The molecule has 9 aromatic carbocycles. The quantitative estimate of drug-likeness (QED) is 0.195. The SMILES string of the molecule is c1ccc2cc3cc(-c4c5ccccc5c(-c5ccc6cc7ccccc7cc6c5)c5ccccc45)ccc3cc2c1. The molecular weight excluding hydrogens is 504 g/mol. The smallest absolute Gasteiger partial charge is 0.00262 e. The van der Waals surface area contributed by atoms with Crippen molar-refractivity contribution in [1.29, 1.82) is 0 Å². The molecule has 0 aliphatic carbocycles. The van der Waals surface area contributed by atoms with Gasteiger partial charge in [-0.1, -0.05) is 121 Å². The van der Waals surface area contributed by atoms with Gasteiger partial charge in [-0.3, -0.25) is 0 Å². The summed E-state index contributed by atoms with van der Waals surface area (Å²) in [6.45, 7) is 0. The largest absolute Gasteiger partial charge is 0.0616 e. The topological polar surface area (TPSA) is 0 Å². The van der Waals surface area contributed by atoms with Gasteiger partial charge in [0, 0.05) is 0 Å². The van der Waals surface area contributed by atoms with E-state index in [9.17, 15) is 0 Å². The monoisotopic (exact) mass is 530 g/mol. The van der Waals surface area contributed by atoms with Crippen molar-refractivity contribution in [2.45, 2.75) is 0 Å². The van der Waals surface area contributed by atoms with E-state index in [0.717, 1.165) is 0 Å². The maximum absolute atomic E-state index is 2.37. The lowest BCUT2D eigenvalue weighted by molar-refractivity contribution is 1.69. The van der Waals surface area contributed by atoms with Crippen LogP contribution in [0.4, 0.5) is 0 Å². The molecule has 0 heterocycles. The molecule has 0 aliphatic rings. The molecule has 9 aromatic rings. The molecule has 0 fully saturated rings. The number of hydrogen-bond donors (Lipinski definition) is 0. The summed E-state index contributed by atoms with van der Waals surface area (Å²) in [6.07, 6.45) is 0. The zero-order valence-corrected chi connectivity index (χ0v) is 23.0. The molecule has 0 N–H and O–H groups in total. The highest BCUT2D eigenvalue weighted by Crippen LogP contribution is 2.44. The van der Waals surface area contributed by atoms with Crippen molar-refractivity contribution in [1.82, 2.24) is 0 Å². The van der Waals surface area contributed by atoms with Gasteiger partial charge in [0.25, 0.3) is 0 Å². The summed E-state index contributed by atoms with van der Waals surface area (Å²) in [7, 11) is 0. The summed E-state index contributed by atoms with van der Waals surface area (Å²) < 4.78 is 0. The Balaban J connectivity index is 1.33. The number of fused-ring (bicyclic) bond motifs is 6. The molecule has 0 radical (unpaired) electrons. The van der Waals surface area contributed by atoms with Gasteiger partial charge in [-0.15, -0.1) is 0 Å². The van der Waals surface area contributed by atoms with E-state index >= 15 is 0 Å². The van der Waals surface area contributed by atoms with Gasteiger partial charge in [-0.25, -0.2) is 0 Å². The minimum Gasteiger partial charge on any atom is -0.0616 e. The van der Waals surface area contributed by atoms with Gasteiger partial charge in [0.15, 0.2) is 0 Å². The maximum Gasteiger partial charge on any atom is -0.00262 e. The molecule has 42 heavy (non-hydrogen) atoms. The molecule has 0 aliphatic heterocycles. The lowest BCUT2D eigenvalue weighted by Gasteiger charge is -2.18. The summed E-state index contributed by atoms with van der Waals surface area (Å²) in [4.78, 5) is 0. The Morgan fingerprint density at radius 2 is 0.500 bits per heavy atom. The average Bonchev–Trinajstić information content (AvgIpc) is 3.04. The average molecular weight is 531 g/mol. The fourth-order valence-corrected chi connectivity index (χ4v) is 6.94. The normalized spacial score (nSPS) is 11.8. The van der Waals surface area contributed by atoms with Crippen LogP contribution >= 0.6 is 0 Å². The summed E-state index contributed by atoms with van der Waals surface area (Å²) in [6, 6.07) is 58.3. The third-order valence-corrected chi connectivity index (χ3v) is 8.92. The Hall–Kier alpha value is -5.46. The van der Waals surface area contributed by atoms with E-state index < -0.39 is 0 Å². The van der Waals surface area contributed by atoms with Crippen molar-refractivity contribution in [2.75, 3.05) is 0 Å². The molecule has 0 saturated carbocycles. The van der Waals surface area contributed by atoms with Crippen LogP contribution in [-0.2, 0) is 0 Å². The van der Waals surface area contributed by atoms with Crippen molar-refractivity contribution in [3.05, 3.63) is 158 Å². The van der Waals surface area contributed by atoms with Crippen LogP contribution in [-0.4, -0.2) is 0 Å². The molecule has 0 saturated heterocycles. The lowest BCUT2D eigenvalue weighted by atomic mass is 9.85. The predicted molar refractivity (Wildman–Crippen MR) is 182 cm³/mol. The van der Waals surface area contributed by atoms with Gasteiger partial charge >= 0.3 is 0 Å². The first-order valence-corrected chi connectivity index (χ1v) is 14.6. The summed E-state index contributed by atoms with van der Waals surface area (Å²) in [5.41, 5.74) is 5.10. The fourth-order valence-electron chi connectivity index (χ4n) is 6.94. The summed E-state index contributed by atoms with van der Waals surface area (Å²) in [5.74, 6) is 0. The van der Waals surface area contributed by atoms with Crippen LogP contribution < -0.4 is 0 Å². The Kier molecular flexibility index (Phi) is 5.00. The molecule has 0 amide bonds. The van der Waals surface area contributed by atoms with Gasteiger partial charge in [0.05, 0.1) is 0 Å². The minimum absolute atomic E-state index is 1.25. The van der Waals surface area contributed by atoms with Crippen LogP contribution in [0.5, 0.6) is 0 Å². The van der Waals surface area contributed by atoms with E-state index in [4.69, 9.17) is 0 Å². The third kappa shape index (κ3) is 3.56. The molecule has 9 rings (SSSR count).